The summed E-state index contributed by atoms with van der Waals surface area (Å²) >= 11 is 0. The number of carbonyl (C=O) groups excluding carboxylic acids is 3. The summed E-state index contributed by atoms with van der Waals surface area (Å²) in [6, 6.07) is 0.471. The van der Waals surface area contributed by atoms with Crippen molar-refractivity contribution in [3.63, 3.8) is 0 Å². The quantitative estimate of drug-likeness (QED) is 0.0211. The van der Waals surface area contributed by atoms with Crippen molar-refractivity contribution in [3.05, 3.63) is 24.3 Å². The van der Waals surface area contributed by atoms with E-state index in [1.54, 1.807) is 0 Å². The first kappa shape index (κ1) is 54.6. The Hall–Kier alpha value is -2.43. The normalized spacial score (nSPS) is 14.1. The highest BCUT2D eigenvalue weighted by Gasteiger charge is 2.30. The van der Waals surface area contributed by atoms with Gasteiger partial charge in [-0.15, -0.1) is 0 Å². The summed E-state index contributed by atoms with van der Waals surface area (Å²) < 4.78 is 29.0. The molecule has 1 amide bonds. The molecule has 0 aromatic carbocycles. The van der Waals surface area contributed by atoms with E-state index in [9.17, 15) is 14.4 Å². The second-order valence-electron chi connectivity index (χ2n) is 16.9. The lowest BCUT2D eigenvalue weighted by Crippen LogP contribution is -2.61. The van der Waals surface area contributed by atoms with Crippen LogP contribution in [0.15, 0.2) is 24.3 Å². The van der Waals surface area contributed by atoms with Crippen LogP contribution in [-0.4, -0.2) is 87.4 Å². The Morgan fingerprint density at radius 2 is 1.03 bits per heavy atom. The Morgan fingerprint density at radius 3 is 1.59 bits per heavy atom. The zero-order valence-corrected chi connectivity index (χ0v) is 38.7. The minimum Gasteiger partial charge on any atom is -0.465 e. The van der Waals surface area contributed by atoms with Crippen LogP contribution in [0.25, 0.3) is 0 Å². The average molecular weight is 835 g/mol. The average Bonchev–Trinajstić information content (AvgIpc) is 3.20. The third kappa shape index (κ3) is 33.9. The van der Waals surface area contributed by atoms with E-state index in [2.05, 4.69) is 69.1 Å². The van der Waals surface area contributed by atoms with Crippen molar-refractivity contribution >= 4 is 18.0 Å². The van der Waals surface area contributed by atoms with Gasteiger partial charge in [-0.1, -0.05) is 141 Å². The van der Waals surface area contributed by atoms with E-state index in [1.807, 2.05) is 0 Å². The summed E-state index contributed by atoms with van der Waals surface area (Å²) in [5, 5.41) is 2.90. The minimum absolute atomic E-state index is 0.00950. The molecule has 0 saturated carbocycles. The molecule has 1 aliphatic heterocycles. The Bertz CT molecular complexity index is 1040. The van der Waals surface area contributed by atoms with Gasteiger partial charge in [0.15, 0.2) is 6.29 Å². The molecule has 0 aliphatic carbocycles. The van der Waals surface area contributed by atoms with Gasteiger partial charge < -0.3 is 29.0 Å². The smallest absolute Gasteiger partial charge is 0.407 e. The number of hydrogen-bond donors (Lipinski definition) is 1. The van der Waals surface area contributed by atoms with Crippen molar-refractivity contribution in [2.45, 2.75) is 220 Å². The van der Waals surface area contributed by atoms with Crippen LogP contribution in [0.2, 0.25) is 0 Å². The molecule has 1 fully saturated rings. The predicted octanol–water partition coefficient (Wildman–Crippen LogP) is 12.2. The molecule has 1 saturated heterocycles. The first-order valence-electron chi connectivity index (χ1n) is 24.3. The van der Waals surface area contributed by atoms with Crippen molar-refractivity contribution in [2.75, 3.05) is 46.1 Å². The summed E-state index contributed by atoms with van der Waals surface area (Å²) in [5.41, 5.74) is 0. The van der Waals surface area contributed by atoms with Crippen LogP contribution in [0, 0.1) is 5.92 Å². The molecule has 59 heavy (non-hydrogen) atoms. The number of rotatable bonds is 41. The van der Waals surface area contributed by atoms with E-state index >= 15 is 0 Å². The highest BCUT2D eigenvalue weighted by molar-refractivity contribution is 5.70. The van der Waals surface area contributed by atoms with Crippen LogP contribution >= 0.6 is 0 Å². The first-order valence-corrected chi connectivity index (χ1v) is 24.3. The molecular weight excluding hydrogens is 745 g/mol. The van der Waals surface area contributed by atoms with E-state index in [0.29, 0.717) is 32.1 Å². The molecular formula is C49H90N2O8. The van der Waals surface area contributed by atoms with E-state index in [0.717, 1.165) is 83.7 Å². The number of alkyl carbamates (subject to hydrolysis) is 1. The molecule has 344 valence electrons. The molecule has 1 atom stereocenters. The number of nitrogens with one attached hydrogen (secondary N) is 1. The van der Waals surface area contributed by atoms with Crippen LogP contribution < -0.4 is 5.32 Å². The molecule has 10 heteroatoms. The summed E-state index contributed by atoms with van der Waals surface area (Å²) in [6.07, 6.45) is 35.4. The number of carbonyl (C=O) groups is 3. The molecule has 0 aromatic heterocycles. The molecule has 10 nitrogen and oxygen atoms in total. The lowest BCUT2D eigenvalue weighted by molar-refractivity contribution is -0.161. The standard InChI is InChI=1S/C49H90N2O8/c1-6-9-12-15-18-19-20-21-22-23-24-25-26-27-30-33-46(52)57-40-44(42-59-49(54)50-45-38-51(39-45)43(4)5)41-58-47(53)34-35-48(55-36-31-28-16-13-10-7-2)56-37-32-29-17-14-11-8-3/h18-19,21-22,43-45,48H,6-17,20,23-42H2,1-5H3,(H,50,54)/b19-18-,22-21-. The van der Waals surface area contributed by atoms with Gasteiger partial charge in [0.1, 0.15) is 19.8 Å². The van der Waals surface area contributed by atoms with Crippen molar-refractivity contribution in [3.8, 4) is 0 Å². The molecule has 1 unspecified atom stereocenters. The maximum absolute atomic E-state index is 13.0. The second kappa shape index (κ2) is 39.7. The highest BCUT2D eigenvalue weighted by atomic mass is 16.7. The van der Waals surface area contributed by atoms with Gasteiger partial charge in [0.25, 0.3) is 0 Å². The van der Waals surface area contributed by atoms with Gasteiger partial charge in [0.05, 0.1) is 18.4 Å². The van der Waals surface area contributed by atoms with E-state index in [1.165, 1.54) is 77.0 Å². The summed E-state index contributed by atoms with van der Waals surface area (Å²) in [6.45, 7) is 13.7. The van der Waals surface area contributed by atoms with Crippen molar-refractivity contribution in [2.24, 2.45) is 5.92 Å². The van der Waals surface area contributed by atoms with Gasteiger partial charge in [-0.2, -0.15) is 0 Å². The fourth-order valence-electron chi connectivity index (χ4n) is 6.86. The number of esters is 2. The number of unbranched alkanes of at least 4 members (excludes halogenated alkanes) is 18. The topological polar surface area (TPSA) is 113 Å². The van der Waals surface area contributed by atoms with Gasteiger partial charge in [-0.3, -0.25) is 14.5 Å². The summed E-state index contributed by atoms with van der Waals surface area (Å²) in [7, 11) is 0. The molecule has 1 aliphatic rings. The van der Waals surface area contributed by atoms with Gasteiger partial charge in [-0.05, 0) is 65.2 Å². The number of amides is 1. The maximum Gasteiger partial charge on any atom is 0.407 e. The van der Waals surface area contributed by atoms with Gasteiger partial charge in [0, 0.05) is 45.2 Å². The molecule has 0 aromatic rings. The highest BCUT2D eigenvalue weighted by Crippen LogP contribution is 2.15. The lowest BCUT2D eigenvalue weighted by atomic mass is 10.1. The fourth-order valence-corrected chi connectivity index (χ4v) is 6.86. The fraction of sp³-hybridized carbons (Fsp3) is 0.857. The molecule has 0 radical (unpaired) electrons. The Kier molecular flexibility index (Phi) is 36.7. The molecule has 1 rings (SSSR count). The summed E-state index contributed by atoms with van der Waals surface area (Å²) in [5.74, 6) is -1.14. The largest absolute Gasteiger partial charge is 0.465 e. The Balaban J connectivity index is 2.50. The third-order valence-corrected chi connectivity index (χ3v) is 10.9. The number of ether oxygens (including phenoxy) is 5. The van der Waals surface area contributed by atoms with Crippen molar-refractivity contribution < 1.29 is 38.1 Å². The zero-order valence-electron chi connectivity index (χ0n) is 38.7. The number of hydrogen-bond acceptors (Lipinski definition) is 9. The van der Waals surface area contributed by atoms with Crippen LogP contribution in [0.3, 0.4) is 0 Å². The maximum atomic E-state index is 13.0. The lowest BCUT2D eigenvalue weighted by Gasteiger charge is -2.41. The molecule has 0 spiro atoms. The molecule has 0 bridgehead atoms. The van der Waals surface area contributed by atoms with E-state index in [-0.39, 0.29) is 44.2 Å². The second-order valence-corrected chi connectivity index (χ2v) is 16.9. The van der Waals surface area contributed by atoms with E-state index in [4.69, 9.17) is 23.7 Å². The van der Waals surface area contributed by atoms with Gasteiger partial charge in [-0.25, -0.2) is 4.79 Å². The van der Waals surface area contributed by atoms with Crippen LogP contribution in [-0.2, 0) is 33.3 Å². The van der Waals surface area contributed by atoms with Crippen LogP contribution in [0.1, 0.15) is 202 Å². The first-order chi connectivity index (χ1) is 28.8. The van der Waals surface area contributed by atoms with Crippen molar-refractivity contribution in [1.29, 1.82) is 0 Å². The number of likely N-dealkylation sites (tertiary alicyclic amines) is 1. The number of nitrogens with zero attached hydrogens (tertiary/aromatic N) is 1. The zero-order chi connectivity index (χ0) is 43.0. The molecule has 1 heterocycles. The predicted molar refractivity (Wildman–Crippen MR) is 241 cm³/mol. The van der Waals surface area contributed by atoms with Gasteiger partial charge >= 0.3 is 18.0 Å². The van der Waals surface area contributed by atoms with Crippen molar-refractivity contribution in [1.82, 2.24) is 10.2 Å². The number of allylic oxidation sites excluding steroid dienone is 4. The minimum atomic E-state index is -0.515. The van der Waals surface area contributed by atoms with E-state index < -0.39 is 18.3 Å². The van der Waals surface area contributed by atoms with Gasteiger partial charge in [0.2, 0.25) is 0 Å². The SMILES string of the molecule is CCCCC/C=C\C/C=C\CCCCCCCC(=O)OCC(COC(=O)CCC(OCCCCCCCC)OCCCCCCCC)COC(=O)NC1CN(C(C)C)C1. The third-order valence-electron chi connectivity index (χ3n) is 10.9. The Morgan fingerprint density at radius 1 is 0.576 bits per heavy atom. The van der Waals surface area contributed by atoms with Crippen LogP contribution in [0.4, 0.5) is 4.79 Å². The summed E-state index contributed by atoms with van der Waals surface area (Å²) in [4.78, 5) is 40.5. The van der Waals surface area contributed by atoms with Crippen LogP contribution in [0.5, 0.6) is 0 Å². The molecule has 1 N–H and O–H groups in total. The Labute approximate surface area is 361 Å². The monoisotopic (exact) mass is 835 g/mol.